The van der Waals surface area contributed by atoms with Crippen molar-refractivity contribution in [1.29, 1.82) is 0 Å². The summed E-state index contributed by atoms with van der Waals surface area (Å²) >= 11 is 2.19. The number of hydrogen-bond donors (Lipinski definition) is 2. The van der Waals surface area contributed by atoms with E-state index in [4.69, 9.17) is 10.7 Å². The Kier molecular flexibility index (Phi) is 5.65. The van der Waals surface area contributed by atoms with Crippen molar-refractivity contribution in [2.45, 2.75) is 33.2 Å². The average Bonchev–Trinajstić information content (AvgIpc) is 3.03. The molecule has 3 N–H and O–H groups in total. The van der Waals surface area contributed by atoms with Crippen LogP contribution in [0.4, 0.5) is 11.8 Å². The third-order valence-electron chi connectivity index (χ3n) is 5.14. The van der Waals surface area contributed by atoms with Crippen LogP contribution in [0.5, 0.6) is 0 Å². The Morgan fingerprint density at radius 3 is 2.52 bits per heavy atom. The summed E-state index contributed by atoms with van der Waals surface area (Å²) in [5.41, 5.74) is 8.47. The zero-order valence-electron chi connectivity index (χ0n) is 17.7. The van der Waals surface area contributed by atoms with Crippen molar-refractivity contribution < 1.29 is 0 Å². The van der Waals surface area contributed by atoms with E-state index in [1.54, 1.807) is 16.3 Å². The van der Waals surface area contributed by atoms with Gasteiger partial charge in [-0.2, -0.15) is 10.1 Å². The SMILES string of the molecule is CCC(Nc1nc(N)nc(C)c1I)c1nc2c(c(C)nn2C)c(=O)n1-c1ccccc1. The molecule has 3 heterocycles. The Labute approximate surface area is 192 Å². The van der Waals surface area contributed by atoms with Crippen LogP contribution in [0.1, 0.15) is 36.6 Å². The first-order chi connectivity index (χ1) is 14.8. The molecule has 3 aromatic heterocycles. The lowest BCUT2D eigenvalue weighted by Crippen LogP contribution is -2.28. The van der Waals surface area contributed by atoms with Crippen molar-refractivity contribution in [2.75, 3.05) is 11.1 Å². The number of nitrogen functional groups attached to an aromatic ring is 1. The molecule has 0 fully saturated rings. The Hall–Kier alpha value is -3.02. The van der Waals surface area contributed by atoms with Crippen LogP contribution in [0, 0.1) is 17.4 Å². The van der Waals surface area contributed by atoms with Gasteiger partial charge in [0.25, 0.3) is 5.56 Å². The molecular formula is C21H23IN8O. The van der Waals surface area contributed by atoms with Crippen LogP contribution in [0.25, 0.3) is 16.7 Å². The minimum Gasteiger partial charge on any atom is -0.368 e. The van der Waals surface area contributed by atoms with Crippen molar-refractivity contribution in [3.8, 4) is 5.69 Å². The van der Waals surface area contributed by atoms with E-state index in [1.165, 1.54) is 0 Å². The minimum atomic E-state index is -0.297. The van der Waals surface area contributed by atoms with Crippen LogP contribution >= 0.6 is 22.6 Å². The molecule has 4 aromatic rings. The van der Waals surface area contributed by atoms with Crippen LogP contribution < -0.4 is 16.6 Å². The number of nitrogens with two attached hydrogens (primary N) is 1. The largest absolute Gasteiger partial charge is 0.368 e. The quantitative estimate of drug-likeness (QED) is 0.381. The van der Waals surface area contributed by atoms with Crippen LogP contribution in [-0.2, 0) is 7.05 Å². The Morgan fingerprint density at radius 1 is 1.13 bits per heavy atom. The van der Waals surface area contributed by atoms with E-state index in [0.29, 0.717) is 34.8 Å². The van der Waals surface area contributed by atoms with E-state index in [2.05, 4.69) is 43.0 Å². The zero-order chi connectivity index (χ0) is 22.3. The second-order valence-corrected chi connectivity index (χ2v) is 8.37. The molecular weight excluding hydrogens is 507 g/mol. The van der Waals surface area contributed by atoms with Gasteiger partial charge in [0.15, 0.2) is 5.65 Å². The first-order valence-corrected chi connectivity index (χ1v) is 11.0. The standard InChI is InChI=1S/C21H23IN8O/c1-5-14(25-17-16(22)12(3)24-21(23)26-17)18-27-19-15(11(2)28-29(19)4)20(31)30(18)13-9-7-6-8-10-13/h6-10,14H,5H2,1-4H3,(H3,23,24,25,26). The van der Waals surface area contributed by atoms with Gasteiger partial charge >= 0.3 is 0 Å². The van der Waals surface area contributed by atoms with Gasteiger partial charge in [-0.3, -0.25) is 9.36 Å². The average molecular weight is 530 g/mol. The van der Waals surface area contributed by atoms with Crippen molar-refractivity contribution >= 4 is 45.4 Å². The van der Waals surface area contributed by atoms with Crippen LogP contribution in [0.3, 0.4) is 0 Å². The molecule has 0 aliphatic heterocycles. The minimum absolute atomic E-state index is 0.148. The topological polar surface area (TPSA) is 117 Å². The van der Waals surface area contributed by atoms with Crippen molar-refractivity contribution in [3.05, 3.63) is 61.5 Å². The summed E-state index contributed by atoms with van der Waals surface area (Å²) in [6.07, 6.45) is 0.667. The first-order valence-electron chi connectivity index (χ1n) is 9.89. The summed E-state index contributed by atoms with van der Waals surface area (Å²) in [6, 6.07) is 9.21. The smallest absolute Gasteiger partial charge is 0.269 e. The van der Waals surface area contributed by atoms with Crippen LogP contribution in [0.2, 0.25) is 0 Å². The molecule has 0 saturated heterocycles. The molecule has 10 heteroatoms. The van der Waals surface area contributed by atoms with E-state index < -0.39 is 0 Å². The maximum atomic E-state index is 13.6. The second-order valence-electron chi connectivity index (χ2n) is 7.29. The second kappa shape index (κ2) is 8.25. The number of rotatable bonds is 5. The number of aryl methyl sites for hydroxylation is 3. The normalized spacial score (nSPS) is 12.3. The van der Waals surface area contributed by atoms with Gasteiger partial charge in [-0.25, -0.2) is 14.6 Å². The van der Waals surface area contributed by atoms with Crippen molar-refractivity contribution in [1.82, 2.24) is 29.3 Å². The third kappa shape index (κ3) is 3.75. The molecule has 0 aliphatic carbocycles. The number of benzene rings is 1. The molecule has 0 bridgehead atoms. The highest BCUT2D eigenvalue weighted by atomic mass is 127. The summed E-state index contributed by atoms with van der Waals surface area (Å²) in [5.74, 6) is 1.40. The van der Waals surface area contributed by atoms with Gasteiger partial charge in [-0.1, -0.05) is 25.1 Å². The van der Waals surface area contributed by atoms with Gasteiger partial charge in [-0.15, -0.1) is 0 Å². The zero-order valence-corrected chi connectivity index (χ0v) is 19.9. The number of anilines is 2. The van der Waals surface area contributed by atoms with Crippen LogP contribution in [0.15, 0.2) is 35.1 Å². The van der Waals surface area contributed by atoms with E-state index >= 15 is 0 Å². The van der Waals surface area contributed by atoms with Gasteiger partial charge in [0.2, 0.25) is 5.95 Å². The maximum absolute atomic E-state index is 13.6. The number of halogens is 1. The Balaban J connectivity index is 1.97. The summed E-state index contributed by atoms with van der Waals surface area (Å²) < 4.78 is 4.17. The molecule has 0 saturated carbocycles. The predicted octanol–water partition coefficient (Wildman–Crippen LogP) is 3.28. The molecule has 1 atom stereocenters. The first kappa shape index (κ1) is 21.2. The highest BCUT2D eigenvalue weighted by Crippen LogP contribution is 2.27. The highest BCUT2D eigenvalue weighted by Gasteiger charge is 2.24. The molecule has 31 heavy (non-hydrogen) atoms. The van der Waals surface area contributed by atoms with E-state index in [1.807, 2.05) is 51.1 Å². The fraction of sp³-hybridized carbons (Fsp3) is 0.286. The lowest BCUT2D eigenvalue weighted by molar-refractivity contribution is 0.652. The molecule has 160 valence electrons. The third-order valence-corrected chi connectivity index (χ3v) is 6.43. The fourth-order valence-electron chi connectivity index (χ4n) is 3.65. The Morgan fingerprint density at radius 2 is 1.84 bits per heavy atom. The van der Waals surface area contributed by atoms with Crippen molar-refractivity contribution in [2.24, 2.45) is 7.05 Å². The molecule has 0 spiro atoms. The lowest BCUT2D eigenvalue weighted by atomic mass is 10.1. The molecule has 0 amide bonds. The summed E-state index contributed by atoms with van der Waals surface area (Å²) in [6.45, 7) is 5.74. The van der Waals surface area contributed by atoms with Gasteiger partial charge in [-0.05, 0) is 55.0 Å². The summed E-state index contributed by atoms with van der Waals surface area (Å²) in [7, 11) is 1.80. The van der Waals surface area contributed by atoms with Gasteiger partial charge in [0.1, 0.15) is 17.0 Å². The maximum Gasteiger partial charge on any atom is 0.269 e. The number of para-hydroxylation sites is 1. The number of nitrogens with zero attached hydrogens (tertiary/aromatic N) is 6. The van der Waals surface area contributed by atoms with Crippen molar-refractivity contribution in [3.63, 3.8) is 0 Å². The molecule has 0 aliphatic rings. The molecule has 1 aromatic carbocycles. The molecule has 0 radical (unpaired) electrons. The number of nitrogens with one attached hydrogen (secondary N) is 1. The highest BCUT2D eigenvalue weighted by molar-refractivity contribution is 14.1. The van der Waals surface area contributed by atoms with E-state index in [0.717, 1.165) is 15.0 Å². The number of fused-ring (bicyclic) bond motifs is 1. The summed E-state index contributed by atoms with van der Waals surface area (Å²) in [5, 5.41) is 8.36. The van der Waals surface area contributed by atoms with Gasteiger partial charge < -0.3 is 11.1 Å². The van der Waals surface area contributed by atoms with E-state index in [-0.39, 0.29) is 17.5 Å². The van der Waals surface area contributed by atoms with Crippen LogP contribution in [-0.4, -0.2) is 29.3 Å². The summed E-state index contributed by atoms with van der Waals surface area (Å²) in [4.78, 5) is 27.1. The van der Waals surface area contributed by atoms with Gasteiger partial charge in [0.05, 0.1) is 26.7 Å². The molecule has 4 rings (SSSR count). The van der Waals surface area contributed by atoms with E-state index in [9.17, 15) is 4.79 Å². The fourth-order valence-corrected chi connectivity index (χ4v) is 4.05. The number of hydrogen-bond acceptors (Lipinski definition) is 7. The lowest BCUT2D eigenvalue weighted by Gasteiger charge is -2.22. The molecule has 9 nitrogen and oxygen atoms in total. The predicted molar refractivity (Wildman–Crippen MR) is 129 cm³/mol. The monoisotopic (exact) mass is 530 g/mol. The molecule has 1 unspecified atom stereocenters. The Bertz CT molecular complexity index is 1330. The van der Waals surface area contributed by atoms with Gasteiger partial charge in [0, 0.05) is 7.05 Å². The number of aromatic nitrogens is 6.